The minimum atomic E-state index is 0.504. The summed E-state index contributed by atoms with van der Waals surface area (Å²) in [6, 6.07) is 7.99. The summed E-state index contributed by atoms with van der Waals surface area (Å²) in [7, 11) is 1.78. The van der Waals surface area contributed by atoms with E-state index in [0.29, 0.717) is 13.2 Å². The number of morpholine rings is 1. The van der Waals surface area contributed by atoms with Crippen molar-refractivity contribution in [1.29, 1.82) is 0 Å². The van der Waals surface area contributed by atoms with Gasteiger partial charge in [0, 0.05) is 45.3 Å². The topological polar surface area (TPSA) is 58.1 Å². The van der Waals surface area contributed by atoms with Gasteiger partial charge in [0.2, 0.25) is 0 Å². The van der Waals surface area contributed by atoms with E-state index in [1.54, 1.807) is 13.1 Å². The Morgan fingerprint density at radius 3 is 2.88 bits per heavy atom. The summed E-state index contributed by atoms with van der Waals surface area (Å²) >= 11 is 0. The van der Waals surface area contributed by atoms with Gasteiger partial charge < -0.3 is 20.1 Å². The molecule has 0 amide bonds. The van der Waals surface area contributed by atoms with Gasteiger partial charge in [-0.25, -0.2) is 0 Å². The molecule has 0 unspecified atom stereocenters. The molecular formula is C18H28N4O2. The molecule has 1 aromatic carbocycles. The second-order valence-electron chi connectivity index (χ2n) is 5.51. The smallest absolute Gasteiger partial charge is 0.191 e. The Morgan fingerprint density at radius 1 is 1.33 bits per heavy atom. The van der Waals surface area contributed by atoms with Crippen molar-refractivity contribution in [2.24, 2.45) is 4.99 Å². The van der Waals surface area contributed by atoms with Gasteiger partial charge in [-0.2, -0.15) is 0 Å². The summed E-state index contributed by atoms with van der Waals surface area (Å²) in [6.45, 7) is 10.3. The molecule has 0 bridgehead atoms. The normalized spacial score (nSPS) is 15.8. The van der Waals surface area contributed by atoms with Crippen molar-refractivity contribution in [2.45, 2.75) is 6.54 Å². The van der Waals surface area contributed by atoms with Gasteiger partial charge >= 0.3 is 0 Å². The predicted octanol–water partition coefficient (Wildman–Crippen LogP) is 1.25. The van der Waals surface area contributed by atoms with E-state index in [-0.39, 0.29) is 0 Å². The van der Waals surface area contributed by atoms with Crippen LogP contribution in [0.2, 0.25) is 0 Å². The zero-order valence-electron chi connectivity index (χ0n) is 14.5. The van der Waals surface area contributed by atoms with Crippen LogP contribution in [0.5, 0.6) is 5.75 Å². The first-order valence-corrected chi connectivity index (χ1v) is 8.39. The molecule has 1 aliphatic rings. The van der Waals surface area contributed by atoms with Crippen LogP contribution in [0.15, 0.2) is 41.9 Å². The van der Waals surface area contributed by atoms with E-state index < -0.39 is 0 Å². The van der Waals surface area contributed by atoms with Gasteiger partial charge in [0.25, 0.3) is 0 Å². The SMILES string of the molecule is C=CCOc1ccccc1CNC(=NC)NCCN1CCOCC1. The largest absolute Gasteiger partial charge is 0.489 e. The Bertz CT molecular complexity index is 528. The van der Waals surface area contributed by atoms with Crippen molar-refractivity contribution < 1.29 is 9.47 Å². The van der Waals surface area contributed by atoms with Crippen molar-refractivity contribution in [3.8, 4) is 5.75 Å². The standard InChI is InChI=1S/C18H28N4O2/c1-3-12-24-17-7-5-4-6-16(17)15-21-18(19-2)20-8-9-22-10-13-23-14-11-22/h3-7H,1,8-15H2,2H3,(H2,19,20,21). The lowest BCUT2D eigenvalue weighted by molar-refractivity contribution is 0.0389. The van der Waals surface area contributed by atoms with E-state index in [1.807, 2.05) is 24.3 Å². The van der Waals surface area contributed by atoms with Crippen LogP contribution in [-0.4, -0.2) is 63.9 Å². The van der Waals surface area contributed by atoms with Gasteiger partial charge in [0.15, 0.2) is 5.96 Å². The molecule has 0 atom stereocenters. The van der Waals surface area contributed by atoms with Crippen LogP contribution in [0.3, 0.4) is 0 Å². The van der Waals surface area contributed by atoms with Gasteiger partial charge in [-0.3, -0.25) is 9.89 Å². The third-order valence-corrected chi connectivity index (χ3v) is 3.82. The van der Waals surface area contributed by atoms with Crippen LogP contribution in [0.4, 0.5) is 0 Å². The van der Waals surface area contributed by atoms with Crippen LogP contribution in [0.25, 0.3) is 0 Å². The van der Waals surface area contributed by atoms with Gasteiger partial charge in [0.05, 0.1) is 13.2 Å². The van der Waals surface area contributed by atoms with E-state index in [2.05, 4.69) is 27.1 Å². The Kier molecular flexibility index (Phi) is 8.13. The molecule has 24 heavy (non-hydrogen) atoms. The fraction of sp³-hybridized carbons (Fsp3) is 0.500. The fourth-order valence-corrected chi connectivity index (χ4v) is 2.50. The third kappa shape index (κ3) is 6.22. The lowest BCUT2D eigenvalue weighted by Gasteiger charge is -2.26. The highest BCUT2D eigenvalue weighted by molar-refractivity contribution is 5.79. The van der Waals surface area contributed by atoms with E-state index in [1.165, 1.54) is 0 Å². The molecule has 0 aliphatic carbocycles. The maximum Gasteiger partial charge on any atom is 0.191 e. The van der Waals surface area contributed by atoms with Crippen LogP contribution < -0.4 is 15.4 Å². The molecule has 6 heteroatoms. The maximum atomic E-state index is 5.68. The van der Waals surface area contributed by atoms with Crippen molar-refractivity contribution in [3.63, 3.8) is 0 Å². The summed E-state index contributed by atoms with van der Waals surface area (Å²) in [5, 5.41) is 6.68. The second-order valence-corrected chi connectivity index (χ2v) is 5.51. The van der Waals surface area contributed by atoms with E-state index >= 15 is 0 Å². The molecule has 6 nitrogen and oxygen atoms in total. The summed E-state index contributed by atoms with van der Waals surface area (Å²) < 4.78 is 11.0. The second kappa shape index (κ2) is 10.7. The number of rotatable bonds is 8. The van der Waals surface area contributed by atoms with E-state index in [9.17, 15) is 0 Å². The average molecular weight is 332 g/mol. The zero-order valence-corrected chi connectivity index (χ0v) is 14.5. The fourth-order valence-electron chi connectivity index (χ4n) is 2.50. The number of ether oxygens (including phenoxy) is 2. The number of benzene rings is 1. The lowest BCUT2D eigenvalue weighted by atomic mass is 10.2. The molecule has 0 aromatic heterocycles. The Hall–Kier alpha value is -2.05. The number of guanidine groups is 1. The highest BCUT2D eigenvalue weighted by atomic mass is 16.5. The summed E-state index contributed by atoms with van der Waals surface area (Å²) in [4.78, 5) is 6.66. The number of nitrogens with zero attached hydrogens (tertiary/aromatic N) is 2. The van der Waals surface area contributed by atoms with Crippen LogP contribution in [-0.2, 0) is 11.3 Å². The molecular weight excluding hydrogens is 304 g/mol. The van der Waals surface area contributed by atoms with Crippen molar-refractivity contribution >= 4 is 5.96 Å². The molecule has 0 spiro atoms. The highest BCUT2D eigenvalue weighted by Crippen LogP contribution is 2.17. The zero-order chi connectivity index (χ0) is 17.0. The minimum absolute atomic E-state index is 0.504. The Morgan fingerprint density at radius 2 is 2.12 bits per heavy atom. The molecule has 2 rings (SSSR count). The van der Waals surface area contributed by atoms with Crippen LogP contribution in [0.1, 0.15) is 5.56 Å². The molecule has 0 radical (unpaired) electrons. The van der Waals surface area contributed by atoms with Gasteiger partial charge in [-0.15, -0.1) is 0 Å². The average Bonchev–Trinajstić information content (AvgIpc) is 2.64. The summed E-state index contributed by atoms with van der Waals surface area (Å²) in [5.41, 5.74) is 1.09. The van der Waals surface area contributed by atoms with Crippen LogP contribution in [0, 0.1) is 0 Å². The number of hydrogen-bond acceptors (Lipinski definition) is 4. The monoisotopic (exact) mass is 332 g/mol. The molecule has 1 aliphatic heterocycles. The number of hydrogen-bond donors (Lipinski definition) is 2. The first kappa shape index (κ1) is 18.3. The van der Waals surface area contributed by atoms with E-state index in [4.69, 9.17) is 9.47 Å². The minimum Gasteiger partial charge on any atom is -0.489 e. The maximum absolute atomic E-state index is 5.68. The third-order valence-electron chi connectivity index (χ3n) is 3.82. The predicted molar refractivity (Wildman–Crippen MR) is 97.6 cm³/mol. The van der Waals surface area contributed by atoms with Crippen molar-refractivity contribution in [2.75, 3.05) is 53.0 Å². The van der Waals surface area contributed by atoms with Gasteiger partial charge in [0.1, 0.15) is 12.4 Å². The Labute approximate surface area is 144 Å². The lowest BCUT2D eigenvalue weighted by Crippen LogP contribution is -2.44. The number of para-hydroxylation sites is 1. The molecule has 1 fully saturated rings. The van der Waals surface area contributed by atoms with Gasteiger partial charge in [-0.05, 0) is 6.07 Å². The quantitative estimate of drug-likeness (QED) is 0.426. The van der Waals surface area contributed by atoms with Crippen LogP contribution >= 0.6 is 0 Å². The summed E-state index contributed by atoms with van der Waals surface area (Å²) in [5.74, 6) is 1.66. The Balaban J connectivity index is 1.75. The van der Waals surface area contributed by atoms with E-state index in [0.717, 1.165) is 56.7 Å². The molecule has 0 saturated carbocycles. The molecule has 1 saturated heterocycles. The van der Waals surface area contributed by atoms with Gasteiger partial charge in [-0.1, -0.05) is 30.9 Å². The first-order chi connectivity index (χ1) is 11.8. The number of nitrogens with one attached hydrogen (secondary N) is 2. The molecule has 1 aromatic rings. The summed E-state index contributed by atoms with van der Waals surface area (Å²) in [6.07, 6.45) is 1.75. The van der Waals surface area contributed by atoms with Crippen molar-refractivity contribution in [1.82, 2.24) is 15.5 Å². The molecule has 1 heterocycles. The molecule has 132 valence electrons. The van der Waals surface area contributed by atoms with Crippen molar-refractivity contribution in [3.05, 3.63) is 42.5 Å². The first-order valence-electron chi connectivity index (χ1n) is 8.39. The molecule has 2 N–H and O–H groups in total. The number of aliphatic imine (C=N–C) groups is 1. The highest BCUT2D eigenvalue weighted by Gasteiger charge is 2.10.